The molecule has 0 aliphatic heterocycles. The van der Waals surface area contributed by atoms with Gasteiger partial charge in [-0.15, -0.1) is 0 Å². The molecule has 0 amide bonds. The summed E-state index contributed by atoms with van der Waals surface area (Å²) in [5.41, 5.74) is 0.621. The van der Waals surface area contributed by atoms with Gasteiger partial charge in [0.25, 0.3) is 0 Å². The van der Waals surface area contributed by atoms with Crippen molar-refractivity contribution in [1.82, 2.24) is 0 Å². The summed E-state index contributed by atoms with van der Waals surface area (Å²) in [7, 11) is 1.43. The van der Waals surface area contributed by atoms with Gasteiger partial charge in [-0.1, -0.05) is 12.1 Å². The third kappa shape index (κ3) is 2.40. The molecular formula is C10H10O4. The lowest BCUT2D eigenvalue weighted by molar-refractivity contribution is 0.0696. The molecule has 0 radical (unpaired) electrons. The van der Waals surface area contributed by atoms with E-state index in [0.717, 1.165) is 0 Å². The summed E-state index contributed by atoms with van der Waals surface area (Å²) in [5, 5.41) is 8.61. The van der Waals surface area contributed by atoms with Crippen LogP contribution < -0.4 is 0 Å². The highest BCUT2D eigenvalue weighted by Crippen LogP contribution is 2.05. The minimum absolute atomic E-state index is 0.00637. The molecule has 0 fully saturated rings. The van der Waals surface area contributed by atoms with Gasteiger partial charge in [0.2, 0.25) is 0 Å². The molecule has 4 heteroatoms. The SMILES string of the molecule is COCC(=O)c1ccc(C(=O)O)cc1. The van der Waals surface area contributed by atoms with Gasteiger partial charge in [0.1, 0.15) is 6.61 Å². The molecular weight excluding hydrogens is 184 g/mol. The molecule has 0 unspecified atom stereocenters. The maximum atomic E-state index is 11.3. The molecule has 0 atom stereocenters. The zero-order valence-electron chi connectivity index (χ0n) is 7.69. The number of hydrogen-bond donors (Lipinski definition) is 1. The fourth-order valence-corrected chi connectivity index (χ4v) is 1.01. The van der Waals surface area contributed by atoms with Crippen molar-refractivity contribution >= 4 is 11.8 Å². The average Bonchev–Trinajstić information content (AvgIpc) is 2.18. The van der Waals surface area contributed by atoms with E-state index in [1.807, 2.05) is 0 Å². The third-order valence-corrected chi connectivity index (χ3v) is 1.73. The number of ether oxygens (including phenoxy) is 1. The second-order valence-electron chi connectivity index (χ2n) is 2.74. The van der Waals surface area contributed by atoms with Crippen LogP contribution in [0.3, 0.4) is 0 Å². The number of Topliss-reactive ketones (excluding diaryl/α,β-unsaturated/α-hetero) is 1. The molecule has 14 heavy (non-hydrogen) atoms. The third-order valence-electron chi connectivity index (χ3n) is 1.73. The van der Waals surface area contributed by atoms with Gasteiger partial charge in [0.15, 0.2) is 5.78 Å². The zero-order chi connectivity index (χ0) is 10.6. The van der Waals surface area contributed by atoms with Gasteiger partial charge < -0.3 is 9.84 Å². The van der Waals surface area contributed by atoms with Crippen LogP contribution in [0.2, 0.25) is 0 Å². The number of carbonyl (C=O) groups excluding carboxylic acids is 1. The van der Waals surface area contributed by atoms with Crippen LogP contribution in [0.5, 0.6) is 0 Å². The van der Waals surface area contributed by atoms with Crippen molar-refractivity contribution in [2.75, 3.05) is 13.7 Å². The van der Waals surface area contributed by atoms with E-state index in [2.05, 4.69) is 4.74 Å². The maximum absolute atomic E-state index is 11.3. The minimum atomic E-state index is -1.00. The maximum Gasteiger partial charge on any atom is 0.335 e. The van der Waals surface area contributed by atoms with Crippen LogP contribution in [0, 0.1) is 0 Å². The highest BCUT2D eigenvalue weighted by atomic mass is 16.5. The summed E-state index contributed by atoms with van der Waals surface area (Å²) >= 11 is 0. The second kappa shape index (κ2) is 4.53. The molecule has 1 N–H and O–H groups in total. The largest absolute Gasteiger partial charge is 0.478 e. The van der Waals surface area contributed by atoms with Gasteiger partial charge >= 0.3 is 5.97 Å². The normalized spacial score (nSPS) is 9.79. The number of rotatable bonds is 4. The molecule has 1 aromatic rings. The molecule has 0 spiro atoms. The Morgan fingerprint density at radius 1 is 1.21 bits per heavy atom. The monoisotopic (exact) mass is 194 g/mol. The van der Waals surface area contributed by atoms with Crippen molar-refractivity contribution in [3.8, 4) is 0 Å². The highest BCUT2D eigenvalue weighted by molar-refractivity contribution is 5.98. The Morgan fingerprint density at radius 3 is 2.14 bits per heavy atom. The number of benzene rings is 1. The van der Waals surface area contributed by atoms with Crippen LogP contribution in [0.4, 0.5) is 0 Å². The molecule has 4 nitrogen and oxygen atoms in total. The Labute approximate surface area is 81.1 Å². The Hall–Kier alpha value is -1.68. The molecule has 0 saturated carbocycles. The molecule has 0 aliphatic carbocycles. The topological polar surface area (TPSA) is 63.6 Å². The predicted octanol–water partition coefficient (Wildman–Crippen LogP) is 1.21. The molecule has 74 valence electrons. The first-order valence-electron chi connectivity index (χ1n) is 4.00. The van der Waals surface area contributed by atoms with Gasteiger partial charge in [0, 0.05) is 12.7 Å². The van der Waals surface area contributed by atoms with Crippen LogP contribution in [-0.2, 0) is 4.74 Å². The Balaban J connectivity index is 2.83. The first kappa shape index (κ1) is 10.4. The fraction of sp³-hybridized carbons (Fsp3) is 0.200. The van der Waals surface area contributed by atoms with E-state index in [4.69, 9.17) is 5.11 Å². The van der Waals surface area contributed by atoms with E-state index in [9.17, 15) is 9.59 Å². The van der Waals surface area contributed by atoms with Crippen LogP contribution >= 0.6 is 0 Å². The molecule has 0 bridgehead atoms. The Kier molecular flexibility index (Phi) is 3.36. The lowest BCUT2D eigenvalue weighted by atomic mass is 10.1. The quantitative estimate of drug-likeness (QED) is 0.732. The van der Waals surface area contributed by atoms with Crippen LogP contribution in [0.1, 0.15) is 20.7 Å². The van der Waals surface area contributed by atoms with Crippen molar-refractivity contribution in [3.63, 3.8) is 0 Å². The molecule has 1 rings (SSSR count). The van der Waals surface area contributed by atoms with Crippen molar-refractivity contribution in [2.24, 2.45) is 0 Å². The van der Waals surface area contributed by atoms with E-state index < -0.39 is 5.97 Å². The average molecular weight is 194 g/mol. The van der Waals surface area contributed by atoms with E-state index in [0.29, 0.717) is 5.56 Å². The van der Waals surface area contributed by atoms with Gasteiger partial charge in [-0.05, 0) is 12.1 Å². The number of carboxylic acids is 1. The number of carboxylic acid groups (broad SMARTS) is 1. The van der Waals surface area contributed by atoms with Crippen molar-refractivity contribution in [3.05, 3.63) is 35.4 Å². The second-order valence-corrected chi connectivity index (χ2v) is 2.74. The summed E-state index contributed by atoms with van der Waals surface area (Å²) in [6, 6.07) is 5.74. The Morgan fingerprint density at radius 2 is 1.71 bits per heavy atom. The molecule has 0 aliphatic rings. The zero-order valence-corrected chi connectivity index (χ0v) is 7.69. The number of hydrogen-bond acceptors (Lipinski definition) is 3. The summed E-state index contributed by atoms with van der Waals surface area (Å²) in [6.45, 7) is 0.00637. The first-order valence-corrected chi connectivity index (χ1v) is 4.00. The molecule has 1 aromatic carbocycles. The van der Waals surface area contributed by atoms with Gasteiger partial charge in [0.05, 0.1) is 5.56 Å². The van der Waals surface area contributed by atoms with Gasteiger partial charge in [-0.3, -0.25) is 4.79 Å². The highest BCUT2D eigenvalue weighted by Gasteiger charge is 2.06. The van der Waals surface area contributed by atoms with E-state index >= 15 is 0 Å². The minimum Gasteiger partial charge on any atom is -0.478 e. The molecule has 0 saturated heterocycles. The number of carbonyl (C=O) groups is 2. The summed E-state index contributed by atoms with van der Waals surface area (Å²) in [5.74, 6) is -1.17. The number of aromatic carboxylic acids is 1. The predicted molar refractivity (Wildman–Crippen MR) is 49.6 cm³/mol. The van der Waals surface area contributed by atoms with Crippen molar-refractivity contribution in [1.29, 1.82) is 0 Å². The van der Waals surface area contributed by atoms with Crippen LogP contribution in [-0.4, -0.2) is 30.6 Å². The van der Waals surface area contributed by atoms with Crippen LogP contribution in [0.15, 0.2) is 24.3 Å². The van der Waals surface area contributed by atoms with Crippen LogP contribution in [0.25, 0.3) is 0 Å². The number of methoxy groups -OCH3 is 1. The van der Waals surface area contributed by atoms with E-state index in [-0.39, 0.29) is 18.0 Å². The van der Waals surface area contributed by atoms with Crippen molar-refractivity contribution in [2.45, 2.75) is 0 Å². The Bertz CT molecular complexity index is 340. The van der Waals surface area contributed by atoms with E-state index in [1.165, 1.54) is 31.4 Å². The number of ketones is 1. The first-order chi connectivity index (χ1) is 6.65. The van der Waals surface area contributed by atoms with Crippen molar-refractivity contribution < 1.29 is 19.4 Å². The summed E-state index contributed by atoms with van der Waals surface area (Å²) in [4.78, 5) is 21.8. The lowest BCUT2D eigenvalue weighted by Gasteiger charge is -1.99. The summed E-state index contributed by atoms with van der Waals surface area (Å²) in [6.07, 6.45) is 0. The molecule has 0 aromatic heterocycles. The van der Waals surface area contributed by atoms with E-state index in [1.54, 1.807) is 0 Å². The summed E-state index contributed by atoms with van der Waals surface area (Å²) < 4.78 is 4.67. The molecule has 0 heterocycles. The standard InChI is InChI=1S/C10H10O4/c1-14-6-9(11)7-2-4-8(5-3-7)10(12)13/h2-5H,6H2,1H3,(H,12,13). The van der Waals surface area contributed by atoms with Gasteiger partial charge in [-0.25, -0.2) is 4.79 Å². The fourth-order valence-electron chi connectivity index (χ4n) is 1.01. The smallest absolute Gasteiger partial charge is 0.335 e. The lowest BCUT2D eigenvalue weighted by Crippen LogP contribution is -2.07. The van der Waals surface area contributed by atoms with Gasteiger partial charge in [-0.2, -0.15) is 0 Å².